The number of hydrogen-bond acceptors (Lipinski definition) is 5. The van der Waals surface area contributed by atoms with Gasteiger partial charge in [0.05, 0.1) is 32.7 Å². The van der Waals surface area contributed by atoms with Crippen LogP contribution in [0, 0.1) is 0 Å². The van der Waals surface area contributed by atoms with E-state index < -0.39 is 6.04 Å². The van der Waals surface area contributed by atoms with Gasteiger partial charge in [-0.2, -0.15) is 0 Å². The van der Waals surface area contributed by atoms with Crippen molar-refractivity contribution in [2.75, 3.05) is 18.5 Å². The van der Waals surface area contributed by atoms with Gasteiger partial charge in [0, 0.05) is 23.6 Å². The third-order valence-electron chi connectivity index (χ3n) is 6.85. The van der Waals surface area contributed by atoms with Crippen LogP contribution in [0.5, 0.6) is 0 Å². The third-order valence-corrected chi connectivity index (χ3v) is 7.82. The maximum atomic E-state index is 14.2. The van der Waals surface area contributed by atoms with E-state index in [1.54, 1.807) is 41.3 Å². The van der Waals surface area contributed by atoms with Gasteiger partial charge in [0.25, 0.3) is 11.5 Å². The highest BCUT2D eigenvalue weighted by atomic mass is 35.5. The molecule has 1 amide bonds. The minimum atomic E-state index is -0.687. The lowest BCUT2D eigenvalue weighted by molar-refractivity contribution is 0.0661. The summed E-state index contributed by atoms with van der Waals surface area (Å²) in [5, 5.41) is 1.44. The van der Waals surface area contributed by atoms with E-state index in [2.05, 4.69) is 5.43 Å². The summed E-state index contributed by atoms with van der Waals surface area (Å²) in [5.41, 5.74) is 11.2. The lowest BCUT2D eigenvalue weighted by Gasteiger charge is -2.33. The molecule has 0 bridgehead atoms. The second kappa shape index (κ2) is 13.4. The van der Waals surface area contributed by atoms with Gasteiger partial charge >= 0.3 is 0 Å². The molecule has 0 aliphatic rings. The van der Waals surface area contributed by atoms with Gasteiger partial charge in [0.2, 0.25) is 0 Å². The highest BCUT2D eigenvalue weighted by Gasteiger charge is 2.31. The van der Waals surface area contributed by atoms with Crippen LogP contribution in [0.25, 0.3) is 10.9 Å². The summed E-state index contributed by atoms with van der Waals surface area (Å²) in [6, 6.07) is 28.1. The van der Waals surface area contributed by atoms with Gasteiger partial charge in [-0.3, -0.25) is 15.0 Å². The monoisotopic (exact) mass is 619 g/mol. The van der Waals surface area contributed by atoms with Crippen molar-refractivity contribution in [1.29, 1.82) is 0 Å². The molecule has 0 fully saturated rings. The minimum Gasteiger partial charge on any atom is -0.330 e. The molecular weight excluding hydrogens is 593 g/mol. The van der Waals surface area contributed by atoms with Crippen LogP contribution >= 0.6 is 34.8 Å². The number of para-hydroxylation sites is 1. The predicted molar refractivity (Wildman–Crippen MR) is 171 cm³/mol. The average molecular weight is 621 g/mol. The van der Waals surface area contributed by atoms with E-state index in [4.69, 9.17) is 45.5 Å². The molecule has 0 spiro atoms. The Hall–Kier alpha value is -3.88. The van der Waals surface area contributed by atoms with Crippen molar-refractivity contribution in [1.82, 2.24) is 14.6 Å². The van der Waals surface area contributed by atoms with Crippen molar-refractivity contribution in [2.24, 2.45) is 5.73 Å². The predicted octanol–water partition coefficient (Wildman–Crippen LogP) is 7.01. The van der Waals surface area contributed by atoms with Crippen LogP contribution in [-0.4, -0.2) is 33.6 Å². The first-order valence-electron chi connectivity index (χ1n) is 13.4. The zero-order valence-corrected chi connectivity index (χ0v) is 24.8. The van der Waals surface area contributed by atoms with E-state index in [-0.39, 0.29) is 16.5 Å². The van der Waals surface area contributed by atoms with Gasteiger partial charge in [-0.15, -0.1) is 0 Å². The summed E-state index contributed by atoms with van der Waals surface area (Å²) in [4.78, 5) is 34.9. The highest BCUT2D eigenvalue weighted by Crippen LogP contribution is 2.30. The van der Waals surface area contributed by atoms with Crippen LogP contribution in [0.1, 0.15) is 34.2 Å². The Morgan fingerprint density at radius 2 is 1.62 bits per heavy atom. The molecule has 4 aromatic carbocycles. The fourth-order valence-electron chi connectivity index (χ4n) is 4.78. The Kier molecular flexibility index (Phi) is 9.45. The second-order valence-corrected chi connectivity index (χ2v) is 11.0. The van der Waals surface area contributed by atoms with Gasteiger partial charge in [0.1, 0.15) is 0 Å². The zero-order chi connectivity index (χ0) is 29.6. The van der Waals surface area contributed by atoms with Crippen LogP contribution in [0.2, 0.25) is 15.1 Å². The van der Waals surface area contributed by atoms with E-state index in [1.807, 2.05) is 60.7 Å². The maximum Gasteiger partial charge on any atom is 0.280 e. The molecule has 10 heteroatoms. The number of amides is 1. The number of rotatable bonds is 10. The minimum absolute atomic E-state index is 0.266. The maximum absolute atomic E-state index is 14.2. The molecule has 5 rings (SSSR count). The number of anilines is 1. The Bertz CT molecular complexity index is 1760. The molecule has 1 heterocycles. The Labute approximate surface area is 258 Å². The van der Waals surface area contributed by atoms with E-state index in [1.165, 1.54) is 4.68 Å². The summed E-state index contributed by atoms with van der Waals surface area (Å²) in [5.74, 6) is 0.0440. The number of nitrogens with one attached hydrogen (secondary N) is 1. The quantitative estimate of drug-likeness (QED) is 0.175. The summed E-state index contributed by atoms with van der Waals surface area (Å²) < 4.78 is 1.41. The van der Waals surface area contributed by atoms with Crippen LogP contribution in [0.3, 0.4) is 0 Å². The van der Waals surface area contributed by atoms with Crippen molar-refractivity contribution < 1.29 is 4.79 Å². The number of fused-ring (bicyclic) bond motifs is 1. The van der Waals surface area contributed by atoms with Crippen LogP contribution in [0.4, 0.5) is 5.69 Å². The van der Waals surface area contributed by atoms with E-state index >= 15 is 0 Å². The molecular formula is C32H28Cl3N5O2. The topological polar surface area (TPSA) is 93.2 Å². The van der Waals surface area contributed by atoms with Gasteiger partial charge in [-0.05, 0) is 67.1 Å². The van der Waals surface area contributed by atoms with Crippen molar-refractivity contribution in [3.8, 4) is 0 Å². The van der Waals surface area contributed by atoms with Crippen molar-refractivity contribution >= 4 is 57.3 Å². The molecule has 214 valence electrons. The summed E-state index contributed by atoms with van der Waals surface area (Å²) in [6.07, 6.45) is 0.890. The lowest BCUT2D eigenvalue weighted by atomic mass is 10.0. The molecule has 0 aliphatic heterocycles. The highest BCUT2D eigenvalue weighted by molar-refractivity contribution is 6.42. The normalized spacial score (nSPS) is 11.8. The fraction of sp³-hybridized carbons (Fsp3) is 0.156. The number of nitrogens with zero attached hydrogens (tertiary/aromatic N) is 3. The van der Waals surface area contributed by atoms with E-state index in [0.717, 1.165) is 5.56 Å². The van der Waals surface area contributed by atoms with Crippen molar-refractivity contribution in [3.05, 3.63) is 139 Å². The first-order chi connectivity index (χ1) is 20.4. The number of aromatic nitrogens is 2. The van der Waals surface area contributed by atoms with Gasteiger partial charge in [-0.1, -0.05) is 83.3 Å². The molecule has 0 aliphatic carbocycles. The van der Waals surface area contributed by atoms with Gasteiger partial charge in [0.15, 0.2) is 5.82 Å². The Morgan fingerprint density at radius 1 is 0.905 bits per heavy atom. The van der Waals surface area contributed by atoms with Crippen molar-refractivity contribution in [3.63, 3.8) is 0 Å². The zero-order valence-electron chi connectivity index (χ0n) is 22.5. The molecule has 7 nitrogen and oxygen atoms in total. The molecule has 1 aromatic heterocycles. The van der Waals surface area contributed by atoms with Crippen LogP contribution in [0.15, 0.2) is 102 Å². The number of hydrogen-bond donors (Lipinski definition) is 2. The van der Waals surface area contributed by atoms with Gasteiger partial charge in [-0.25, -0.2) is 9.66 Å². The lowest BCUT2D eigenvalue weighted by Crippen LogP contribution is -2.42. The number of halogens is 3. The largest absolute Gasteiger partial charge is 0.330 e. The molecule has 1 atom stereocenters. The van der Waals surface area contributed by atoms with Gasteiger partial charge < -0.3 is 10.6 Å². The smallest absolute Gasteiger partial charge is 0.280 e. The first kappa shape index (κ1) is 29.6. The third kappa shape index (κ3) is 6.61. The number of nitrogens with two attached hydrogens (primary N) is 1. The molecule has 0 radical (unpaired) electrons. The fourth-order valence-corrected chi connectivity index (χ4v) is 5.25. The Morgan fingerprint density at radius 3 is 2.31 bits per heavy atom. The average Bonchev–Trinajstić information content (AvgIpc) is 3.00. The van der Waals surface area contributed by atoms with E-state index in [9.17, 15) is 9.59 Å². The standard InChI is InChI=1S/C32H28Cl3N5O2/c33-23-13-14-25-28(20-23)37-30(40(32(25)42)38-24-10-5-2-6-11-24)29(18-21-8-3-1-4-9-21)39(17-7-16-36)31(41)22-12-15-26(34)27(35)19-22/h1-6,8-15,19-20,29,38H,7,16-18,36H2. The molecule has 3 N–H and O–H groups in total. The van der Waals surface area contributed by atoms with Crippen molar-refractivity contribution in [2.45, 2.75) is 18.9 Å². The molecule has 42 heavy (non-hydrogen) atoms. The number of benzene rings is 4. The summed E-state index contributed by atoms with van der Waals surface area (Å²) >= 11 is 18.8. The SMILES string of the molecule is NCCCN(C(=O)c1ccc(Cl)c(Cl)c1)C(Cc1ccccc1)c1nc2cc(Cl)ccc2c(=O)n1Nc1ccccc1. The first-order valence-corrected chi connectivity index (χ1v) is 14.5. The second-order valence-electron chi connectivity index (χ2n) is 9.73. The van der Waals surface area contributed by atoms with Crippen LogP contribution < -0.4 is 16.7 Å². The molecule has 1 unspecified atom stereocenters. The molecule has 0 saturated carbocycles. The molecule has 5 aromatic rings. The van der Waals surface area contributed by atoms with E-state index in [0.29, 0.717) is 64.0 Å². The number of carbonyl (C=O) groups is 1. The number of carbonyl (C=O) groups excluding carboxylic acids is 1. The molecule has 0 saturated heterocycles. The van der Waals surface area contributed by atoms with Crippen LogP contribution in [-0.2, 0) is 6.42 Å². The Balaban J connectivity index is 1.74. The summed E-state index contributed by atoms with van der Waals surface area (Å²) in [7, 11) is 0. The summed E-state index contributed by atoms with van der Waals surface area (Å²) in [6.45, 7) is 0.668.